The molecule has 0 heterocycles. The molecule has 1 aromatic rings. The summed E-state index contributed by atoms with van der Waals surface area (Å²) >= 11 is 0. The largest absolute Gasteiger partial charge is 0.508 e. The van der Waals surface area contributed by atoms with E-state index in [0.29, 0.717) is 0 Å². The highest BCUT2D eigenvalue weighted by atomic mass is 32.3. The molecule has 13 heavy (non-hydrogen) atoms. The molecule has 0 aliphatic heterocycles. The molecule has 0 aliphatic carbocycles. The first-order valence-corrected chi connectivity index (χ1v) is 4.19. The second kappa shape index (κ2) is 4.61. The Morgan fingerprint density at radius 2 is 1.08 bits per heavy atom. The van der Waals surface area contributed by atoms with E-state index in [9.17, 15) is 7.77 Å². The summed E-state index contributed by atoms with van der Waals surface area (Å²) in [5.74, 6) is 0.339. The van der Waals surface area contributed by atoms with Crippen LogP contribution in [0.2, 0.25) is 0 Å². The van der Waals surface area contributed by atoms with Gasteiger partial charge in [-0.15, -0.1) is 0 Å². The number of phenolic OH excluding ortho intramolecular Hbond substituents is 2. The summed E-state index contributed by atoms with van der Waals surface area (Å²) in [6.07, 6.45) is 0. The molecule has 0 saturated heterocycles. The predicted molar refractivity (Wildman–Crippen MR) is 40.9 cm³/mol. The number of halogens is 2. The van der Waals surface area contributed by atoms with Crippen molar-refractivity contribution in [3.63, 3.8) is 0 Å². The number of rotatable bonds is 0. The van der Waals surface area contributed by atoms with E-state index in [1.54, 1.807) is 0 Å². The normalized spacial score (nSPS) is 10.0. The summed E-state index contributed by atoms with van der Waals surface area (Å²) in [5.41, 5.74) is 0. The fraction of sp³-hybridized carbons (Fsp3) is 0. The average molecular weight is 212 g/mol. The summed E-state index contributed by atoms with van der Waals surface area (Å²) < 4.78 is 36.6. The third-order valence-corrected chi connectivity index (χ3v) is 0.850. The van der Waals surface area contributed by atoms with Gasteiger partial charge in [-0.1, -0.05) is 7.77 Å². The molecule has 7 heteroatoms. The molecule has 1 rings (SSSR count). The van der Waals surface area contributed by atoms with Crippen molar-refractivity contribution >= 4 is 10.6 Å². The lowest BCUT2D eigenvalue weighted by molar-refractivity contribution is 0.460. The minimum absolute atomic E-state index is 0.169. The van der Waals surface area contributed by atoms with E-state index in [-0.39, 0.29) is 11.5 Å². The maximum absolute atomic E-state index is 9.99. The van der Waals surface area contributed by atoms with Crippen molar-refractivity contribution < 1.29 is 26.4 Å². The fourth-order valence-corrected chi connectivity index (χ4v) is 0.453. The molecule has 0 spiro atoms. The third kappa shape index (κ3) is 10.6. The van der Waals surface area contributed by atoms with Crippen molar-refractivity contribution in [3.05, 3.63) is 24.3 Å². The van der Waals surface area contributed by atoms with Crippen LogP contribution in [-0.4, -0.2) is 18.6 Å². The molecular weight excluding hydrogens is 206 g/mol. The van der Waals surface area contributed by atoms with E-state index in [1.165, 1.54) is 24.3 Å². The molecule has 0 unspecified atom stereocenters. The van der Waals surface area contributed by atoms with Crippen molar-refractivity contribution in [2.75, 3.05) is 0 Å². The van der Waals surface area contributed by atoms with E-state index in [2.05, 4.69) is 0 Å². The Kier molecular flexibility index (Phi) is 4.12. The van der Waals surface area contributed by atoms with Gasteiger partial charge >= 0.3 is 10.6 Å². The van der Waals surface area contributed by atoms with Gasteiger partial charge in [0, 0.05) is 0 Å². The van der Waals surface area contributed by atoms with Crippen LogP contribution in [0.1, 0.15) is 0 Å². The van der Waals surface area contributed by atoms with E-state index in [0.717, 1.165) is 0 Å². The number of phenols is 2. The van der Waals surface area contributed by atoms with Gasteiger partial charge in [0.2, 0.25) is 0 Å². The smallest absolute Gasteiger partial charge is 0.476 e. The van der Waals surface area contributed by atoms with Crippen molar-refractivity contribution in [3.8, 4) is 11.5 Å². The van der Waals surface area contributed by atoms with Gasteiger partial charge in [0.1, 0.15) is 11.5 Å². The Morgan fingerprint density at radius 1 is 0.923 bits per heavy atom. The van der Waals surface area contributed by atoms with Gasteiger partial charge in [-0.2, -0.15) is 8.42 Å². The zero-order valence-electron chi connectivity index (χ0n) is 6.18. The molecule has 0 atom stereocenters. The van der Waals surface area contributed by atoms with Crippen LogP contribution in [0, 0.1) is 0 Å². The Labute approximate surface area is 73.6 Å². The molecule has 0 amide bonds. The molecule has 0 bridgehead atoms. The van der Waals surface area contributed by atoms with Crippen LogP contribution in [0.15, 0.2) is 24.3 Å². The maximum atomic E-state index is 9.99. The zero-order valence-corrected chi connectivity index (χ0v) is 7.00. The number of benzene rings is 1. The molecule has 0 fully saturated rings. The van der Waals surface area contributed by atoms with Gasteiger partial charge in [-0.3, -0.25) is 0 Å². The topological polar surface area (TPSA) is 74.6 Å². The van der Waals surface area contributed by atoms with Crippen LogP contribution in [0.25, 0.3) is 0 Å². The summed E-state index contributed by atoms with van der Waals surface area (Å²) in [7, 11) is -5.67. The SMILES string of the molecule is O=S(=O)(F)F.Oc1ccc(O)cc1. The van der Waals surface area contributed by atoms with E-state index in [4.69, 9.17) is 18.6 Å². The van der Waals surface area contributed by atoms with Crippen LogP contribution >= 0.6 is 0 Å². The molecule has 4 nitrogen and oxygen atoms in total. The molecule has 0 aliphatic rings. The lowest BCUT2D eigenvalue weighted by Gasteiger charge is -1.88. The number of hydrogen-bond donors (Lipinski definition) is 2. The number of aromatic hydroxyl groups is 2. The Balaban J connectivity index is 0.000000252. The first-order chi connectivity index (χ1) is 5.79. The minimum Gasteiger partial charge on any atom is -0.508 e. The van der Waals surface area contributed by atoms with E-state index in [1.807, 2.05) is 0 Å². The van der Waals surface area contributed by atoms with Crippen molar-refractivity contribution in [1.29, 1.82) is 0 Å². The van der Waals surface area contributed by atoms with Gasteiger partial charge in [-0.05, 0) is 24.3 Å². The van der Waals surface area contributed by atoms with Crippen LogP contribution in [0.3, 0.4) is 0 Å². The first-order valence-electron chi connectivity index (χ1n) is 2.91. The highest BCUT2D eigenvalue weighted by molar-refractivity contribution is 7.81. The van der Waals surface area contributed by atoms with E-state index >= 15 is 0 Å². The fourth-order valence-electron chi connectivity index (χ4n) is 0.453. The molecule has 0 aromatic heterocycles. The van der Waals surface area contributed by atoms with Crippen LogP contribution in [0.4, 0.5) is 7.77 Å². The predicted octanol–water partition coefficient (Wildman–Crippen LogP) is 1.27. The number of hydrogen-bond acceptors (Lipinski definition) is 4. The zero-order chi connectivity index (χ0) is 10.5. The van der Waals surface area contributed by atoms with Gasteiger partial charge in [0.05, 0.1) is 0 Å². The van der Waals surface area contributed by atoms with Crippen molar-refractivity contribution in [2.24, 2.45) is 0 Å². The van der Waals surface area contributed by atoms with Gasteiger partial charge in [0.25, 0.3) is 0 Å². The molecule has 2 N–H and O–H groups in total. The Bertz CT molecular complexity index is 316. The minimum atomic E-state index is -5.67. The quantitative estimate of drug-likeness (QED) is 0.501. The summed E-state index contributed by atoms with van der Waals surface area (Å²) in [5, 5.41) is 17.3. The van der Waals surface area contributed by atoms with Gasteiger partial charge < -0.3 is 10.2 Å². The van der Waals surface area contributed by atoms with Crippen molar-refractivity contribution in [1.82, 2.24) is 0 Å². The first kappa shape index (κ1) is 11.6. The Morgan fingerprint density at radius 3 is 1.23 bits per heavy atom. The average Bonchev–Trinajstić information content (AvgIpc) is 1.92. The van der Waals surface area contributed by atoms with Crippen LogP contribution in [-0.2, 0) is 10.6 Å². The highest BCUT2D eigenvalue weighted by Gasteiger charge is 1.94. The molecule has 1 aromatic carbocycles. The third-order valence-electron chi connectivity index (χ3n) is 0.850. The van der Waals surface area contributed by atoms with E-state index < -0.39 is 10.6 Å². The maximum Gasteiger partial charge on any atom is 0.476 e. The lowest BCUT2D eigenvalue weighted by atomic mass is 10.3. The molecule has 74 valence electrons. The summed E-state index contributed by atoms with van der Waals surface area (Å²) in [6.45, 7) is 0. The monoisotopic (exact) mass is 212 g/mol. The summed E-state index contributed by atoms with van der Waals surface area (Å²) in [4.78, 5) is 0. The Hall–Kier alpha value is -1.37. The second-order valence-electron chi connectivity index (χ2n) is 1.89. The molecule has 0 saturated carbocycles. The van der Waals surface area contributed by atoms with Crippen LogP contribution in [0.5, 0.6) is 11.5 Å². The molecule has 0 radical (unpaired) electrons. The summed E-state index contributed by atoms with van der Waals surface area (Å²) in [6, 6.07) is 5.70. The lowest BCUT2D eigenvalue weighted by Crippen LogP contribution is -1.69. The second-order valence-corrected chi connectivity index (χ2v) is 2.65. The van der Waals surface area contributed by atoms with Crippen molar-refractivity contribution in [2.45, 2.75) is 0 Å². The van der Waals surface area contributed by atoms with Gasteiger partial charge in [0.15, 0.2) is 0 Å². The molecular formula is C6H6F2O4S. The van der Waals surface area contributed by atoms with Gasteiger partial charge in [-0.25, -0.2) is 0 Å². The standard InChI is InChI=1S/C6H6O2.F2O2S/c7-5-1-2-6(8)4-3-5;1-5(2,3)4/h1-4,7-8H;. The highest BCUT2D eigenvalue weighted by Crippen LogP contribution is 2.13. The van der Waals surface area contributed by atoms with Crippen LogP contribution < -0.4 is 0 Å².